The highest BCUT2D eigenvalue weighted by Gasteiger charge is 2.25. The van der Waals surface area contributed by atoms with Gasteiger partial charge in [0.25, 0.3) is 0 Å². The highest BCUT2D eigenvalue weighted by atomic mass is 32.2. The zero-order valence-corrected chi connectivity index (χ0v) is 13.5. The third kappa shape index (κ3) is 4.16. The van der Waals surface area contributed by atoms with Crippen LogP contribution in [0, 0.1) is 13.8 Å². The van der Waals surface area contributed by atoms with Crippen molar-refractivity contribution in [3.8, 4) is 0 Å². The van der Waals surface area contributed by atoms with Crippen LogP contribution in [0.15, 0.2) is 17.0 Å². The van der Waals surface area contributed by atoms with Crippen LogP contribution in [0.1, 0.15) is 25.0 Å². The van der Waals surface area contributed by atoms with Crippen molar-refractivity contribution in [3.05, 3.63) is 23.3 Å². The maximum Gasteiger partial charge on any atom is 0.241 e. The first-order valence-electron chi connectivity index (χ1n) is 6.60. The van der Waals surface area contributed by atoms with E-state index in [1.807, 2.05) is 0 Å². The second kappa shape index (κ2) is 6.88. The molecule has 8 heteroatoms. The molecule has 1 unspecified atom stereocenters. The Morgan fingerprint density at radius 2 is 1.81 bits per heavy atom. The number of aryl methyl sites for hydroxylation is 2. The molecule has 0 spiro atoms. The van der Waals surface area contributed by atoms with Gasteiger partial charge in [0.05, 0.1) is 10.9 Å². The van der Waals surface area contributed by atoms with Gasteiger partial charge in [0, 0.05) is 12.2 Å². The molecule has 118 valence electrons. The van der Waals surface area contributed by atoms with E-state index in [1.54, 1.807) is 32.9 Å². The zero-order valence-electron chi connectivity index (χ0n) is 12.6. The molecule has 1 amide bonds. The first kappa shape index (κ1) is 17.4. The number of nitrogens with two attached hydrogens (primary N) is 1. The molecule has 1 rings (SSSR count). The molecule has 0 aliphatic rings. The number of carbonyl (C=O) groups excluding carboxylic acids is 1. The van der Waals surface area contributed by atoms with E-state index < -0.39 is 16.1 Å². The Morgan fingerprint density at radius 3 is 2.24 bits per heavy atom. The van der Waals surface area contributed by atoms with E-state index in [1.165, 1.54) is 6.92 Å². The first-order chi connectivity index (χ1) is 9.72. The molecule has 0 saturated heterocycles. The summed E-state index contributed by atoms with van der Waals surface area (Å²) in [7, 11) is -3.79. The van der Waals surface area contributed by atoms with E-state index in [4.69, 9.17) is 5.84 Å². The number of hydrazine groups is 1. The summed E-state index contributed by atoms with van der Waals surface area (Å²) in [5.74, 6) is 4.97. The number of anilines is 1. The molecule has 0 aromatic heterocycles. The van der Waals surface area contributed by atoms with E-state index in [-0.39, 0.29) is 10.8 Å². The number of likely N-dealkylation sites (N-methyl/N-ethyl adjacent to an activating group) is 1. The van der Waals surface area contributed by atoms with Crippen molar-refractivity contribution >= 4 is 21.6 Å². The summed E-state index contributed by atoms with van der Waals surface area (Å²) >= 11 is 0. The number of amides is 1. The van der Waals surface area contributed by atoms with Gasteiger partial charge in [-0.2, -0.15) is 4.72 Å². The lowest BCUT2D eigenvalue weighted by atomic mass is 10.1. The Labute approximate surface area is 125 Å². The van der Waals surface area contributed by atoms with E-state index >= 15 is 0 Å². The monoisotopic (exact) mass is 314 g/mol. The van der Waals surface area contributed by atoms with Crippen molar-refractivity contribution in [1.82, 2.24) is 10.0 Å². The lowest BCUT2D eigenvalue weighted by Gasteiger charge is -2.17. The van der Waals surface area contributed by atoms with Crippen molar-refractivity contribution < 1.29 is 13.2 Å². The van der Waals surface area contributed by atoms with Gasteiger partial charge < -0.3 is 10.7 Å². The van der Waals surface area contributed by atoms with E-state index in [0.29, 0.717) is 23.4 Å². The third-order valence-corrected chi connectivity index (χ3v) is 4.82. The third-order valence-electron chi connectivity index (χ3n) is 2.97. The minimum atomic E-state index is -3.79. The molecule has 1 aromatic carbocycles. The van der Waals surface area contributed by atoms with Crippen LogP contribution in [0.2, 0.25) is 0 Å². The molecule has 7 nitrogen and oxygen atoms in total. The predicted octanol–water partition coefficient (Wildman–Crippen LogP) is 0.392. The maximum atomic E-state index is 12.4. The molecule has 0 aliphatic carbocycles. The number of nitrogen functional groups attached to an aromatic ring is 1. The van der Waals surface area contributed by atoms with Gasteiger partial charge in [-0.15, -0.1) is 0 Å². The quantitative estimate of drug-likeness (QED) is 0.448. The SMILES string of the molecule is CCNC(=O)C(C)NS(=O)(=O)c1c(C)cc(NN)cc1C. The van der Waals surface area contributed by atoms with Gasteiger partial charge in [0.1, 0.15) is 0 Å². The molecule has 0 fully saturated rings. The molecule has 21 heavy (non-hydrogen) atoms. The second-order valence-electron chi connectivity index (χ2n) is 4.82. The molecular weight excluding hydrogens is 292 g/mol. The van der Waals surface area contributed by atoms with Gasteiger partial charge in [-0.25, -0.2) is 8.42 Å². The Balaban J connectivity index is 3.12. The van der Waals surface area contributed by atoms with Gasteiger partial charge in [-0.3, -0.25) is 10.6 Å². The Morgan fingerprint density at radius 1 is 1.29 bits per heavy atom. The van der Waals surface area contributed by atoms with Crippen LogP contribution in [0.25, 0.3) is 0 Å². The predicted molar refractivity (Wildman–Crippen MR) is 82.2 cm³/mol. The average Bonchev–Trinajstić information content (AvgIpc) is 2.36. The van der Waals surface area contributed by atoms with Crippen LogP contribution in [0.4, 0.5) is 5.69 Å². The fraction of sp³-hybridized carbons (Fsp3) is 0.462. The fourth-order valence-electron chi connectivity index (χ4n) is 2.13. The highest BCUT2D eigenvalue weighted by Crippen LogP contribution is 2.24. The standard InChI is InChI=1S/C13H22N4O3S/c1-5-15-13(18)10(4)17-21(19,20)12-8(2)6-11(16-14)7-9(12)3/h6-7,10,16-17H,5,14H2,1-4H3,(H,15,18). The average molecular weight is 314 g/mol. The minimum Gasteiger partial charge on any atom is -0.355 e. The van der Waals surface area contributed by atoms with Crippen LogP contribution < -0.4 is 21.3 Å². The number of carbonyl (C=O) groups is 1. The summed E-state index contributed by atoms with van der Waals surface area (Å²) in [4.78, 5) is 11.8. The summed E-state index contributed by atoms with van der Waals surface area (Å²) in [6, 6.07) is 2.43. The number of hydrogen-bond acceptors (Lipinski definition) is 5. The Hall–Kier alpha value is -1.64. The van der Waals surface area contributed by atoms with Gasteiger partial charge >= 0.3 is 0 Å². The van der Waals surface area contributed by atoms with Crippen LogP contribution in [-0.4, -0.2) is 26.9 Å². The normalized spacial score (nSPS) is 12.8. The lowest BCUT2D eigenvalue weighted by molar-refractivity contribution is -0.122. The minimum absolute atomic E-state index is 0.164. The topological polar surface area (TPSA) is 113 Å². The van der Waals surface area contributed by atoms with E-state index in [9.17, 15) is 13.2 Å². The Bertz CT molecular complexity index is 605. The zero-order chi connectivity index (χ0) is 16.2. The van der Waals surface area contributed by atoms with Crippen molar-refractivity contribution in [3.63, 3.8) is 0 Å². The lowest BCUT2D eigenvalue weighted by Crippen LogP contribution is -2.44. The number of rotatable bonds is 6. The highest BCUT2D eigenvalue weighted by molar-refractivity contribution is 7.89. The largest absolute Gasteiger partial charge is 0.355 e. The van der Waals surface area contributed by atoms with Gasteiger partial charge in [0.15, 0.2) is 0 Å². The van der Waals surface area contributed by atoms with Gasteiger partial charge in [-0.05, 0) is 51.0 Å². The summed E-state index contributed by atoms with van der Waals surface area (Å²) in [5.41, 5.74) is 4.22. The van der Waals surface area contributed by atoms with Crippen molar-refractivity contribution in [2.75, 3.05) is 12.0 Å². The molecule has 0 heterocycles. The summed E-state index contributed by atoms with van der Waals surface area (Å²) < 4.78 is 27.3. The van der Waals surface area contributed by atoms with E-state index in [0.717, 1.165) is 0 Å². The number of sulfonamides is 1. The molecule has 1 aromatic rings. The smallest absolute Gasteiger partial charge is 0.241 e. The molecule has 0 aliphatic heterocycles. The fourth-order valence-corrected chi connectivity index (χ4v) is 3.79. The molecule has 1 atom stereocenters. The van der Waals surface area contributed by atoms with Gasteiger partial charge in [0.2, 0.25) is 15.9 Å². The molecule has 0 radical (unpaired) electrons. The number of hydrogen-bond donors (Lipinski definition) is 4. The second-order valence-corrected chi connectivity index (χ2v) is 6.47. The summed E-state index contributed by atoms with van der Waals surface area (Å²) in [5, 5.41) is 2.57. The first-order valence-corrected chi connectivity index (χ1v) is 8.09. The van der Waals surface area contributed by atoms with Crippen LogP contribution in [0.3, 0.4) is 0 Å². The number of benzene rings is 1. The van der Waals surface area contributed by atoms with Crippen molar-refractivity contribution in [2.24, 2.45) is 5.84 Å². The molecule has 0 saturated carbocycles. The molecular formula is C13H22N4O3S. The maximum absolute atomic E-state index is 12.4. The van der Waals surface area contributed by atoms with Crippen molar-refractivity contribution in [1.29, 1.82) is 0 Å². The van der Waals surface area contributed by atoms with Crippen molar-refractivity contribution in [2.45, 2.75) is 38.6 Å². The Kier molecular flexibility index (Phi) is 5.70. The number of nitrogens with one attached hydrogen (secondary N) is 3. The van der Waals surface area contributed by atoms with E-state index in [2.05, 4.69) is 15.5 Å². The molecule has 0 bridgehead atoms. The summed E-state index contributed by atoms with van der Waals surface area (Å²) in [6.07, 6.45) is 0. The van der Waals surface area contributed by atoms with Crippen LogP contribution in [0.5, 0.6) is 0 Å². The molecule has 5 N–H and O–H groups in total. The van der Waals surface area contributed by atoms with Crippen LogP contribution in [-0.2, 0) is 14.8 Å². The summed E-state index contributed by atoms with van der Waals surface area (Å²) in [6.45, 7) is 7.08. The van der Waals surface area contributed by atoms with Crippen LogP contribution >= 0.6 is 0 Å². The van der Waals surface area contributed by atoms with Gasteiger partial charge in [-0.1, -0.05) is 0 Å².